The standard InChI is InChI=1S/C19H28N2O3/c22-17(21(14-9-10-14)13-5-1-2-6-13)11-12-20-18(23)15-7-3-4-8-16(15)19(20)24/h13-16H,1-12H2. The Bertz CT molecular complexity index is 513. The highest BCUT2D eigenvalue weighted by Gasteiger charge is 2.48. The highest BCUT2D eigenvalue weighted by Crippen LogP contribution is 2.38. The van der Waals surface area contributed by atoms with Crippen LogP contribution in [0.25, 0.3) is 0 Å². The fraction of sp³-hybridized carbons (Fsp3) is 0.842. The molecule has 0 N–H and O–H groups in total. The molecule has 5 nitrogen and oxygen atoms in total. The molecule has 3 saturated carbocycles. The van der Waals surface area contributed by atoms with E-state index in [9.17, 15) is 14.4 Å². The first kappa shape index (κ1) is 16.1. The summed E-state index contributed by atoms with van der Waals surface area (Å²) in [7, 11) is 0. The Morgan fingerprint density at radius 1 is 0.833 bits per heavy atom. The van der Waals surface area contributed by atoms with E-state index in [-0.39, 0.29) is 29.6 Å². The summed E-state index contributed by atoms with van der Waals surface area (Å²) < 4.78 is 0. The second kappa shape index (κ2) is 6.49. The number of hydrogen-bond donors (Lipinski definition) is 0. The zero-order valence-corrected chi connectivity index (χ0v) is 14.4. The largest absolute Gasteiger partial charge is 0.337 e. The quantitative estimate of drug-likeness (QED) is 0.727. The Kier molecular flexibility index (Phi) is 4.35. The highest BCUT2D eigenvalue weighted by molar-refractivity contribution is 6.05. The van der Waals surface area contributed by atoms with Crippen LogP contribution in [0.15, 0.2) is 0 Å². The molecule has 1 saturated heterocycles. The number of nitrogens with zero attached hydrogens (tertiary/aromatic N) is 2. The van der Waals surface area contributed by atoms with Crippen LogP contribution >= 0.6 is 0 Å². The Morgan fingerprint density at radius 3 is 1.88 bits per heavy atom. The zero-order chi connectivity index (χ0) is 16.7. The number of imide groups is 1. The topological polar surface area (TPSA) is 57.7 Å². The van der Waals surface area contributed by atoms with Gasteiger partial charge < -0.3 is 4.90 Å². The average Bonchev–Trinajstić information content (AvgIpc) is 3.21. The van der Waals surface area contributed by atoms with E-state index in [0.29, 0.717) is 25.0 Å². The lowest BCUT2D eigenvalue weighted by Gasteiger charge is -2.29. The van der Waals surface area contributed by atoms with Gasteiger partial charge in [-0.1, -0.05) is 25.7 Å². The summed E-state index contributed by atoms with van der Waals surface area (Å²) in [4.78, 5) is 41.3. The van der Waals surface area contributed by atoms with Gasteiger partial charge in [-0.15, -0.1) is 0 Å². The summed E-state index contributed by atoms with van der Waals surface area (Å²) in [6, 6.07) is 0.825. The molecule has 0 bridgehead atoms. The minimum absolute atomic E-state index is 0.0173. The third kappa shape index (κ3) is 2.86. The smallest absolute Gasteiger partial charge is 0.233 e. The van der Waals surface area contributed by atoms with Gasteiger partial charge in [0.1, 0.15) is 0 Å². The summed E-state index contributed by atoms with van der Waals surface area (Å²) in [6.07, 6.45) is 11.0. The second-order valence-electron chi connectivity index (χ2n) is 8.05. The van der Waals surface area contributed by atoms with Crippen molar-refractivity contribution < 1.29 is 14.4 Å². The first-order valence-electron chi connectivity index (χ1n) is 9.83. The van der Waals surface area contributed by atoms with Gasteiger partial charge in [0.2, 0.25) is 17.7 Å². The molecule has 4 rings (SSSR count). The number of carbonyl (C=O) groups excluding carboxylic acids is 3. The van der Waals surface area contributed by atoms with Crippen molar-refractivity contribution in [2.75, 3.05) is 6.54 Å². The molecule has 4 aliphatic rings. The molecule has 0 aromatic rings. The Morgan fingerprint density at radius 2 is 1.33 bits per heavy atom. The van der Waals surface area contributed by atoms with Crippen molar-refractivity contribution in [3.05, 3.63) is 0 Å². The van der Waals surface area contributed by atoms with Crippen LogP contribution in [-0.2, 0) is 14.4 Å². The van der Waals surface area contributed by atoms with Crippen LogP contribution in [0.3, 0.4) is 0 Å². The van der Waals surface area contributed by atoms with Crippen LogP contribution in [0.1, 0.15) is 70.6 Å². The maximum absolute atomic E-state index is 12.8. The van der Waals surface area contributed by atoms with Crippen molar-refractivity contribution in [2.24, 2.45) is 11.8 Å². The average molecular weight is 332 g/mol. The van der Waals surface area contributed by atoms with Gasteiger partial charge in [-0.25, -0.2) is 0 Å². The lowest BCUT2D eigenvalue weighted by atomic mass is 9.81. The molecule has 3 amide bonds. The SMILES string of the molecule is O=C1C2CCCCC2C(=O)N1CCC(=O)N(C1CCCC1)C1CC1. The van der Waals surface area contributed by atoms with Crippen molar-refractivity contribution in [2.45, 2.75) is 82.7 Å². The van der Waals surface area contributed by atoms with Gasteiger partial charge in [0.25, 0.3) is 0 Å². The lowest BCUT2D eigenvalue weighted by molar-refractivity contribution is -0.141. The maximum atomic E-state index is 12.8. The van der Waals surface area contributed by atoms with Crippen LogP contribution in [-0.4, -0.2) is 46.1 Å². The van der Waals surface area contributed by atoms with Crippen LogP contribution < -0.4 is 0 Å². The van der Waals surface area contributed by atoms with Crippen LogP contribution in [0, 0.1) is 11.8 Å². The van der Waals surface area contributed by atoms with Crippen molar-refractivity contribution >= 4 is 17.7 Å². The molecular weight excluding hydrogens is 304 g/mol. The number of carbonyl (C=O) groups is 3. The molecule has 0 spiro atoms. The zero-order valence-electron chi connectivity index (χ0n) is 14.4. The normalized spacial score (nSPS) is 30.8. The first-order chi connectivity index (χ1) is 11.7. The number of rotatable bonds is 5. The fourth-order valence-electron chi connectivity index (χ4n) is 5.03. The maximum Gasteiger partial charge on any atom is 0.233 e. The molecular formula is C19H28N2O3. The predicted molar refractivity (Wildman–Crippen MR) is 88.9 cm³/mol. The monoisotopic (exact) mass is 332 g/mol. The molecule has 4 fully saturated rings. The minimum atomic E-state index is -0.101. The van der Waals surface area contributed by atoms with E-state index in [1.807, 2.05) is 0 Å². The Labute approximate surface area is 143 Å². The van der Waals surface area contributed by atoms with Crippen molar-refractivity contribution in [1.29, 1.82) is 0 Å². The summed E-state index contributed by atoms with van der Waals surface area (Å²) >= 11 is 0. The molecule has 1 heterocycles. The van der Waals surface area contributed by atoms with E-state index in [4.69, 9.17) is 0 Å². The molecule has 132 valence electrons. The number of hydrogen-bond acceptors (Lipinski definition) is 3. The fourth-order valence-corrected chi connectivity index (χ4v) is 5.03. The summed E-state index contributed by atoms with van der Waals surface area (Å²) in [5, 5.41) is 0. The number of fused-ring (bicyclic) bond motifs is 1. The van der Waals surface area contributed by atoms with E-state index in [0.717, 1.165) is 51.4 Å². The van der Waals surface area contributed by atoms with E-state index >= 15 is 0 Å². The molecule has 24 heavy (non-hydrogen) atoms. The van der Waals surface area contributed by atoms with Gasteiger partial charge in [-0.2, -0.15) is 0 Å². The van der Waals surface area contributed by atoms with Gasteiger partial charge >= 0.3 is 0 Å². The van der Waals surface area contributed by atoms with E-state index in [1.54, 1.807) is 0 Å². The minimum Gasteiger partial charge on any atom is -0.337 e. The highest BCUT2D eigenvalue weighted by atomic mass is 16.2. The van der Waals surface area contributed by atoms with E-state index in [2.05, 4.69) is 4.90 Å². The second-order valence-corrected chi connectivity index (χ2v) is 8.05. The summed E-state index contributed by atoms with van der Waals surface area (Å²) in [5.74, 6) is -0.0843. The van der Waals surface area contributed by atoms with Crippen LogP contribution in [0.4, 0.5) is 0 Å². The molecule has 5 heteroatoms. The Balaban J connectivity index is 1.37. The number of amides is 3. The third-order valence-electron chi connectivity index (χ3n) is 6.43. The van der Waals surface area contributed by atoms with Crippen molar-refractivity contribution in [1.82, 2.24) is 9.80 Å². The summed E-state index contributed by atoms with van der Waals surface area (Å²) in [5.41, 5.74) is 0. The van der Waals surface area contributed by atoms with Gasteiger partial charge in [0.15, 0.2) is 0 Å². The molecule has 3 aliphatic carbocycles. The van der Waals surface area contributed by atoms with Gasteiger partial charge in [0, 0.05) is 25.0 Å². The molecule has 0 radical (unpaired) electrons. The predicted octanol–water partition coefficient (Wildman–Crippen LogP) is 2.49. The molecule has 2 atom stereocenters. The lowest BCUT2D eigenvalue weighted by Crippen LogP contribution is -2.42. The van der Waals surface area contributed by atoms with Crippen LogP contribution in [0.5, 0.6) is 0 Å². The first-order valence-corrected chi connectivity index (χ1v) is 9.83. The van der Waals surface area contributed by atoms with Gasteiger partial charge in [-0.05, 0) is 38.5 Å². The molecule has 0 aromatic carbocycles. The number of likely N-dealkylation sites (tertiary alicyclic amines) is 1. The third-order valence-corrected chi connectivity index (χ3v) is 6.43. The van der Waals surface area contributed by atoms with E-state index in [1.165, 1.54) is 17.7 Å². The van der Waals surface area contributed by atoms with Gasteiger partial charge in [0.05, 0.1) is 11.8 Å². The van der Waals surface area contributed by atoms with Crippen LogP contribution in [0.2, 0.25) is 0 Å². The molecule has 2 unspecified atom stereocenters. The Hall–Kier alpha value is -1.39. The van der Waals surface area contributed by atoms with Gasteiger partial charge in [-0.3, -0.25) is 19.3 Å². The summed E-state index contributed by atoms with van der Waals surface area (Å²) in [6.45, 7) is 0.291. The van der Waals surface area contributed by atoms with E-state index < -0.39 is 0 Å². The van der Waals surface area contributed by atoms with Crippen molar-refractivity contribution in [3.63, 3.8) is 0 Å². The molecule has 1 aliphatic heterocycles. The van der Waals surface area contributed by atoms with Crippen molar-refractivity contribution in [3.8, 4) is 0 Å². The molecule has 0 aromatic heterocycles.